The van der Waals surface area contributed by atoms with Gasteiger partial charge in [0.2, 0.25) is 5.91 Å². The molecule has 3 rings (SSSR count). The maximum absolute atomic E-state index is 12.3. The maximum Gasteiger partial charge on any atom is 0.240 e. The van der Waals surface area contributed by atoms with Crippen LogP contribution in [0.25, 0.3) is 0 Å². The van der Waals surface area contributed by atoms with Crippen LogP contribution in [-0.2, 0) is 17.8 Å². The third-order valence-electron chi connectivity index (χ3n) is 3.86. The van der Waals surface area contributed by atoms with Gasteiger partial charge in [-0.3, -0.25) is 4.79 Å². The molecule has 0 spiro atoms. The van der Waals surface area contributed by atoms with Crippen molar-refractivity contribution < 1.29 is 4.79 Å². The van der Waals surface area contributed by atoms with Gasteiger partial charge in [0.1, 0.15) is 0 Å². The molecule has 2 heterocycles. The average Bonchev–Trinajstić information content (AvgIpc) is 2.98. The molecule has 1 aromatic heterocycles. The van der Waals surface area contributed by atoms with E-state index in [4.69, 9.17) is 0 Å². The Morgan fingerprint density at radius 1 is 1.44 bits per heavy atom. The first-order valence-electron chi connectivity index (χ1n) is 6.88. The van der Waals surface area contributed by atoms with Gasteiger partial charge in [-0.15, -0.1) is 11.3 Å². The smallest absolute Gasteiger partial charge is 0.240 e. The van der Waals surface area contributed by atoms with E-state index in [-0.39, 0.29) is 6.04 Å². The van der Waals surface area contributed by atoms with Crippen molar-refractivity contribution in [3.8, 4) is 0 Å². The largest absolute Gasteiger partial charge is 0.336 e. The minimum atomic E-state index is 0.0857. The molecule has 0 aromatic carbocycles. The van der Waals surface area contributed by atoms with Gasteiger partial charge in [-0.25, -0.2) is 0 Å². The number of nitrogens with one attached hydrogen (secondary N) is 1. The minimum absolute atomic E-state index is 0.0857. The van der Waals surface area contributed by atoms with Crippen LogP contribution in [0.4, 0.5) is 0 Å². The second-order valence-electron chi connectivity index (χ2n) is 5.26. The molecule has 1 aromatic rings. The van der Waals surface area contributed by atoms with E-state index in [1.54, 1.807) is 11.3 Å². The predicted molar refractivity (Wildman–Crippen MR) is 73.7 cm³/mol. The third kappa shape index (κ3) is 2.45. The number of carbonyl (C=O) groups is 1. The molecule has 1 amide bonds. The number of rotatable bonds is 5. The van der Waals surface area contributed by atoms with E-state index in [9.17, 15) is 4.79 Å². The standard InChI is InChI=1S/C14H20N2OS/c1-2-10-6-8-18-13(10)9-16-7-5-12(14(16)17)15-11-3-4-11/h6,8,11-12,15H,2-5,7,9H2,1H3. The van der Waals surface area contributed by atoms with Crippen molar-refractivity contribution in [1.82, 2.24) is 10.2 Å². The Bertz CT molecular complexity index is 439. The highest BCUT2D eigenvalue weighted by molar-refractivity contribution is 7.10. The van der Waals surface area contributed by atoms with Gasteiger partial charge in [0, 0.05) is 17.5 Å². The first-order valence-corrected chi connectivity index (χ1v) is 7.76. The van der Waals surface area contributed by atoms with Gasteiger partial charge in [0.05, 0.1) is 12.6 Å². The summed E-state index contributed by atoms with van der Waals surface area (Å²) in [6.07, 6.45) is 4.52. The second-order valence-corrected chi connectivity index (χ2v) is 6.27. The van der Waals surface area contributed by atoms with Crippen molar-refractivity contribution in [2.45, 2.75) is 51.2 Å². The first-order chi connectivity index (χ1) is 8.78. The molecule has 1 unspecified atom stereocenters. The summed E-state index contributed by atoms with van der Waals surface area (Å²) >= 11 is 1.78. The zero-order chi connectivity index (χ0) is 12.5. The summed E-state index contributed by atoms with van der Waals surface area (Å²) in [7, 11) is 0. The molecule has 3 nitrogen and oxygen atoms in total. The van der Waals surface area contributed by atoms with Crippen LogP contribution < -0.4 is 5.32 Å². The quantitative estimate of drug-likeness (QED) is 0.884. The molecule has 1 saturated heterocycles. The minimum Gasteiger partial charge on any atom is -0.336 e. The fourth-order valence-corrected chi connectivity index (χ4v) is 3.57. The summed E-state index contributed by atoms with van der Waals surface area (Å²) in [4.78, 5) is 15.6. The van der Waals surface area contributed by atoms with Gasteiger partial charge in [0.25, 0.3) is 0 Å². The van der Waals surface area contributed by atoms with E-state index in [0.717, 1.165) is 25.9 Å². The Balaban J connectivity index is 1.61. The fourth-order valence-electron chi connectivity index (χ4n) is 2.58. The number of thiophene rings is 1. The highest BCUT2D eigenvalue weighted by Crippen LogP contribution is 2.25. The molecular weight excluding hydrogens is 244 g/mol. The van der Waals surface area contributed by atoms with Crippen molar-refractivity contribution in [2.75, 3.05) is 6.54 Å². The van der Waals surface area contributed by atoms with E-state index in [0.29, 0.717) is 11.9 Å². The first kappa shape index (κ1) is 12.2. The number of aryl methyl sites for hydroxylation is 1. The lowest BCUT2D eigenvalue weighted by Gasteiger charge is -2.17. The van der Waals surface area contributed by atoms with Crippen LogP contribution in [0.5, 0.6) is 0 Å². The molecule has 0 radical (unpaired) electrons. The molecule has 18 heavy (non-hydrogen) atoms. The normalized spacial score (nSPS) is 23.9. The molecular formula is C14H20N2OS. The summed E-state index contributed by atoms with van der Waals surface area (Å²) in [6, 6.07) is 2.88. The van der Waals surface area contributed by atoms with E-state index < -0.39 is 0 Å². The number of likely N-dealkylation sites (tertiary alicyclic amines) is 1. The number of amides is 1. The molecule has 0 bridgehead atoms. The number of carbonyl (C=O) groups excluding carboxylic acids is 1. The van der Waals surface area contributed by atoms with E-state index in [2.05, 4.69) is 23.7 Å². The van der Waals surface area contributed by atoms with Gasteiger partial charge in [-0.1, -0.05) is 6.92 Å². The van der Waals surface area contributed by atoms with Crippen LogP contribution in [0, 0.1) is 0 Å². The molecule has 2 fully saturated rings. The Hall–Kier alpha value is -0.870. The van der Waals surface area contributed by atoms with Crippen molar-refractivity contribution >= 4 is 17.2 Å². The van der Waals surface area contributed by atoms with Crippen molar-refractivity contribution in [1.29, 1.82) is 0 Å². The van der Waals surface area contributed by atoms with Crippen LogP contribution in [0.2, 0.25) is 0 Å². The average molecular weight is 264 g/mol. The lowest BCUT2D eigenvalue weighted by Crippen LogP contribution is -2.39. The Morgan fingerprint density at radius 3 is 3.00 bits per heavy atom. The van der Waals surface area contributed by atoms with Gasteiger partial charge in [-0.2, -0.15) is 0 Å². The predicted octanol–water partition coefficient (Wildman–Crippen LogP) is 2.16. The third-order valence-corrected chi connectivity index (χ3v) is 4.81. The highest BCUT2D eigenvalue weighted by atomic mass is 32.1. The summed E-state index contributed by atoms with van der Waals surface area (Å²) in [6.45, 7) is 3.89. The molecule has 2 aliphatic rings. The summed E-state index contributed by atoms with van der Waals surface area (Å²) in [5, 5.41) is 5.59. The van der Waals surface area contributed by atoms with Crippen molar-refractivity contribution in [2.24, 2.45) is 0 Å². The molecule has 1 N–H and O–H groups in total. The van der Waals surface area contributed by atoms with Crippen molar-refractivity contribution in [3.05, 3.63) is 21.9 Å². The molecule has 98 valence electrons. The van der Waals surface area contributed by atoms with Crippen molar-refractivity contribution in [3.63, 3.8) is 0 Å². The SMILES string of the molecule is CCc1ccsc1CN1CCC(NC2CC2)C1=O. The van der Waals surface area contributed by atoms with Crippen LogP contribution in [0.1, 0.15) is 36.6 Å². The lowest BCUT2D eigenvalue weighted by molar-refractivity contribution is -0.129. The molecule has 1 atom stereocenters. The van der Waals surface area contributed by atoms with Crippen LogP contribution in [-0.4, -0.2) is 29.4 Å². The molecule has 1 aliphatic heterocycles. The topological polar surface area (TPSA) is 32.3 Å². The van der Waals surface area contributed by atoms with Gasteiger partial charge >= 0.3 is 0 Å². The highest BCUT2D eigenvalue weighted by Gasteiger charge is 2.35. The Morgan fingerprint density at radius 2 is 2.28 bits per heavy atom. The van der Waals surface area contributed by atoms with E-state index >= 15 is 0 Å². The van der Waals surface area contributed by atoms with Crippen LogP contribution in [0.3, 0.4) is 0 Å². The Labute approximate surface area is 112 Å². The summed E-state index contributed by atoms with van der Waals surface area (Å²) in [5.41, 5.74) is 1.39. The number of hydrogen-bond acceptors (Lipinski definition) is 3. The molecule has 1 saturated carbocycles. The zero-order valence-corrected chi connectivity index (χ0v) is 11.6. The molecule has 4 heteroatoms. The lowest BCUT2D eigenvalue weighted by atomic mass is 10.2. The number of hydrogen-bond donors (Lipinski definition) is 1. The second kappa shape index (κ2) is 5.02. The monoisotopic (exact) mass is 264 g/mol. The molecule has 1 aliphatic carbocycles. The Kier molecular flexibility index (Phi) is 3.39. The van der Waals surface area contributed by atoms with E-state index in [1.165, 1.54) is 23.3 Å². The van der Waals surface area contributed by atoms with Gasteiger partial charge < -0.3 is 10.2 Å². The zero-order valence-electron chi connectivity index (χ0n) is 10.8. The van der Waals surface area contributed by atoms with Crippen LogP contribution >= 0.6 is 11.3 Å². The van der Waals surface area contributed by atoms with E-state index in [1.807, 2.05) is 4.90 Å². The van der Waals surface area contributed by atoms with Crippen LogP contribution in [0.15, 0.2) is 11.4 Å². The number of nitrogens with zero attached hydrogens (tertiary/aromatic N) is 1. The maximum atomic E-state index is 12.3. The summed E-state index contributed by atoms with van der Waals surface area (Å²) < 4.78 is 0. The fraction of sp³-hybridized carbons (Fsp3) is 0.643. The van der Waals surface area contributed by atoms with Gasteiger partial charge in [-0.05, 0) is 42.7 Å². The summed E-state index contributed by atoms with van der Waals surface area (Å²) in [5.74, 6) is 0.303. The van der Waals surface area contributed by atoms with Gasteiger partial charge in [0.15, 0.2) is 0 Å².